The molecule has 169 valence electrons. The zero-order chi connectivity index (χ0) is 21.5. The summed E-state index contributed by atoms with van der Waals surface area (Å²) in [5, 5.41) is 3.00. The van der Waals surface area contributed by atoms with Crippen molar-refractivity contribution in [2.45, 2.75) is 116 Å². The maximum absolute atomic E-state index is 11.9. The molecule has 0 saturated carbocycles. The van der Waals surface area contributed by atoms with Crippen molar-refractivity contribution >= 4 is 12.2 Å². The van der Waals surface area contributed by atoms with Crippen LogP contribution >= 0.6 is 0 Å². The Hall–Kier alpha value is -1.64. The number of hydrogen-bond acceptors (Lipinski definition) is 2. The zero-order valence-corrected chi connectivity index (χ0v) is 19.1. The van der Waals surface area contributed by atoms with Gasteiger partial charge in [-0.1, -0.05) is 115 Å². The van der Waals surface area contributed by atoms with Crippen LogP contribution in [0.2, 0.25) is 0 Å². The van der Waals surface area contributed by atoms with Gasteiger partial charge in [-0.2, -0.15) is 0 Å². The Labute approximate surface area is 185 Å². The van der Waals surface area contributed by atoms with Crippen LogP contribution < -0.4 is 5.32 Å². The van der Waals surface area contributed by atoms with Crippen LogP contribution in [-0.4, -0.2) is 18.7 Å². The van der Waals surface area contributed by atoms with E-state index < -0.39 is 0 Å². The standard InChI is InChI=1S/C27H44NO2/c29-25-21-16-14-12-10-8-6-4-2-1-3-5-7-9-11-13-15-20-24-28-27(30)26-22-18-17-19-23-26/h17-19,22-23H,1-16,20-21,24H2,(H,28,30). The second-order valence-corrected chi connectivity index (χ2v) is 8.53. The van der Waals surface area contributed by atoms with Crippen molar-refractivity contribution in [2.75, 3.05) is 6.54 Å². The molecule has 0 unspecified atom stereocenters. The Kier molecular flexibility index (Phi) is 18.1. The fourth-order valence-electron chi connectivity index (χ4n) is 3.87. The number of hydrogen-bond donors (Lipinski definition) is 1. The first-order chi connectivity index (χ1) is 14.8. The van der Waals surface area contributed by atoms with Crippen LogP contribution in [0.5, 0.6) is 0 Å². The molecule has 1 amide bonds. The average Bonchev–Trinajstić information content (AvgIpc) is 2.78. The van der Waals surface area contributed by atoms with Crippen molar-refractivity contribution in [3.63, 3.8) is 0 Å². The van der Waals surface area contributed by atoms with Gasteiger partial charge in [0.15, 0.2) is 6.29 Å². The topological polar surface area (TPSA) is 46.2 Å². The van der Waals surface area contributed by atoms with E-state index in [0.29, 0.717) is 6.42 Å². The van der Waals surface area contributed by atoms with Gasteiger partial charge < -0.3 is 5.32 Å². The molecule has 0 saturated heterocycles. The highest BCUT2D eigenvalue weighted by atomic mass is 16.1. The minimum Gasteiger partial charge on any atom is -0.352 e. The molecule has 0 heterocycles. The molecule has 0 bridgehead atoms. The highest BCUT2D eigenvalue weighted by molar-refractivity contribution is 5.94. The van der Waals surface area contributed by atoms with Crippen LogP contribution in [-0.2, 0) is 4.79 Å². The van der Waals surface area contributed by atoms with Crippen LogP contribution in [0.25, 0.3) is 0 Å². The van der Waals surface area contributed by atoms with Crippen LogP contribution in [0.3, 0.4) is 0 Å². The Bertz CT molecular complexity index is 515. The molecule has 1 aromatic rings. The number of benzene rings is 1. The molecule has 1 N–H and O–H groups in total. The first-order valence-electron chi connectivity index (χ1n) is 12.5. The Morgan fingerprint density at radius 3 is 1.43 bits per heavy atom. The van der Waals surface area contributed by atoms with Crippen LogP contribution in [0.1, 0.15) is 126 Å². The molecule has 30 heavy (non-hydrogen) atoms. The van der Waals surface area contributed by atoms with Gasteiger partial charge in [-0.25, -0.2) is 0 Å². The molecule has 1 radical (unpaired) electrons. The van der Waals surface area contributed by atoms with Gasteiger partial charge in [0.05, 0.1) is 0 Å². The highest BCUT2D eigenvalue weighted by Gasteiger charge is 2.02. The molecule has 0 fully saturated rings. The molecule has 3 heteroatoms. The summed E-state index contributed by atoms with van der Waals surface area (Å²) in [6, 6.07) is 9.45. The molecule has 0 spiro atoms. The number of nitrogens with one attached hydrogen (secondary N) is 1. The van der Waals surface area contributed by atoms with E-state index >= 15 is 0 Å². The second-order valence-electron chi connectivity index (χ2n) is 8.53. The molecule has 3 nitrogen and oxygen atoms in total. The van der Waals surface area contributed by atoms with Gasteiger partial charge in [0.2, 0.25) is 0 Å². The minimum absolute atomic E-state index is 0.0422. The molecular weight excluding hydrogens is 370 g/mol. The monoisotopic (exact) mass is 414 g/mol. The number of amides is 1. The van der Waals surface area contributed by atoms with E-state index in [1.54, 1.807) is 0 Å². The highest BCUT2D eigenvalue weighted by Crippen LogP contribution is 2.14. The van der Waals surface area contributed by atoms with Gasteiger partial charge in [-0.15, -0.1) is 0 Å². The van der Waals surface area contributed by atoms with Gasteiger partial charge >= 0.3 is 0 Å². The number of rotatable bonds is 21. The summed E-state index contributed by atoms with van der Waals surface area (Å²) >= 11 is 0. The molecule has 0 aliphatic heterocycles. The Morgan fingerprint density at radius 2 is 1.00 bits per heavy atom. The summed E-state index contributed by atoms with van der Waals surface area (Å²) in [6.07, 6.45) is 24.8. The smallest absolute Gasteiger partial charge is 0.251 e. The predicted octanol–water partition coefficient (Wildman–Crippen LogP) is 7.55. The van der Waals surface area contributed by atoms with E-state index in [9.17, 15) is 9.59 Å². The van der Waals surface area contributed by atoms with Gasteiger partial charge in [-0.05, 0) is 25.0 Å². The zero-order valence-electron chi connectivity index (χ0n) is 19.1. The molecular formula is C27H44NO2. The quantitative estimate of drug-likeness (QED) is 0.211. The van der Waals surface area contributed by atoms with Crippen molar-refractivity contribution in [3.8, 4) is 0 Å². The lowest BCUT2D eigenvalue weighted by Crippen LogP contribution is -2.24. The van der Waals surface area contributed by atoms with Gasteiger partial charge in [0.25, 0.3) is 5.91 Å². The first kappa shape index (κ1) is 26.4. The van der Waals surface area contributed by atoms with E-state index in [4.69, 9.17) is 0 Å². The second kappa shape index (κ2) is 20.6. The van der Waals surface area contributed by atoms with Gasteiger partial charge in [0.1, 0.15) is 0 Å². The third-order valence-corrected chi connectivity index (χ3v) is 5.78. The summed E-state index contributed by atoms with van der Waals surface area (Å²) in [7, 11) is 0. The SMILES string of the molecule is O=[C]CCCCCCCCCCCCCCCCCCCNC(=O)c1ccccc1. The fourth-order valence-corrected chi connectivity index (χ4v) is 3.87. The molecule has 0 aliphatic carbocycles. The number of carbonyl (C=O) groups excluding carboxylic acids is 2. The molecule has 1 aromatic carbocycles. The molecule has 0 aromatic heterocycles. The minimum atomic E-state index is 0.0422. The lowest BCUT2D eigenvalue weighted by molar-refractivity contribution is 0.0953. The summed E-state index contributed by atoms with van der Waals surface area (Å²) in [5.74, 6) is 0.0422. The summed E-state index contributed by atoms with van der Waals surface area (Å²) < 4.78 is 0. The summed E-state index contributed by atoms with van der Waals surface area (Å²) in [4.78, 5) is 22.0. The van der Waals surface area contributed by atoms with Crippen molar-refractivity contribution in [2.24, 2.45) is 0 Å². The van der Waals surface area contributed by atoms with Crippen molar-refractivity contribution in [1.29, 1.82) is 0 Å². The lowest BCUT2D eigenvalue weighted by Gasteiger charge is -2.05. The summed E-state index contributed by atoms with van der Waals surface area (Å²) in [6.45, 7) is 0.784. The van der Waals surface area contributed by atoms with Crippen LogP contribution in [0, 0.1) is 0 Å². The molecule has 1 rings (SSSR count). The Balaban J connectivity index is 1.72. The van der Waals surface area contributed by atoms with E-state index in [-0.39, 0.29) is 5.91 Å². The van der Waals surface area contributed by atoms with Gasteiger partial charge in [-0.3, -0.25) is 9.59 Å². The first-order valence-corrected chi connectivity index (χ1v) is 12.5. The van der Waals surface area contributed by atoms with E-state index in [1.165, 1.54) is 96.3 Å². The fraction of sp³-hybridized carbons (Fsp3) is 0.704. The van der Waals surface area contributed by atoms with Crippen LogP contribution in [0.4, 0.5) is 0 Å². The molecule has 0 aliphatic rings. The molecule has 0 atom stereocenters. The average molecular weight is 415 g/mol. The maximum atomic E-state index is 11.9. The van der Waals surface area contributed by atoms with Crippen molar-refractivity contribution < 1.29 is 9.59 Å². The van der Waals surface area contributed by atoms with Crippen LogP contribution in [0.15, 0.2) is 30.3 Å². The predicted molar refractivity (Wildman–Crippen MR) is 128 cm³/mol. The maximum Gasteiger partial charge on any atom is 0.251 e. The number of carbonyl (C=O) groups is 1. The van der Waals surface area contributed by atoms with Crippen molar-refractivity contribution in [1.82, 2.24) is 5.32 Å². The van der Waals surface area contributed by atoms with E-state index in [2.05, 4.69) is 5.32 Å². The van der Waals surface area contributed by atoms with Gasteiger partial charge in [0, 0.05) is 18.5 Å². The summed E-state index contributed by atoms with van der Waals surface area (Å²) in [5.41, 5.74) is 0.749. The largest absolute Gasteiger partial charge is 0.352 e. The van der Waals surface area contributed by atoms with Crippen molar-refractivity contribution in [3.05, 3.63) is 35.9 Å². The Morgan fingerprint density at radius 1 is 0.600 bits per heavy atom. The van der Waals surface area contributed by atoms with E-state index in [0.717, 1.165) is 24.9 Å². The van der Waals surface area contributed by atoms with E-state index in [1.807, 2.05) is 36.6 Å². The lowest BCUT2D eigenvalue weighted by atomic mass is 10.0. The normalized spacial score (nSPS) is 10.8. The number of unbranched alkanes of at least 4 members (excludes halogenated alkanes) is 17. The third kappa shape index (κ3) is 16.2. The third-order valence-electron chi connectivity index (χ3n) is 5.78.